The minimum absolute atomic E-state index is 0.446. The highest BCUT2D eigenvalue weighted by atomic mass is 35.5. The fourth-order valence-corrected chi connectivity index (χ4v) is 1.51. The highest BCUT2D eigenvalue weighted by Gasteiger charge is 1.98. The molecule has 2 aromatic rings. The smallest absolute Gasteiger partial charge is 0.119 e. The molecule has 0 aliphatic rings. The van der Waals surface area contributed by atoms with Crippen molar-refractivity contribution in [1.29, 1.82) is 0 Å². The molecule has 0 atom stereocenters. The molecule has 14 heavy (non-hydrogen) atoms. The van der Waals surface area contributed by atoms with Gasteiger partial charge in [0.2, 0.25) is 0 Å². The van der Waals surface area contributed by atoms with Crippen LogP contribution in [0.5, 0.6) is 5.75 Å². The van der Waals surface area contributed by atoms with Crippen LogP contribution in [0.4, 0.5) is 0 Å². The van der Waals surface area contributed by atoms with Gasteiger partial charge >= 0.3 is 0 Å². The number of alkyl halides is 1. The van der Waals surface area contributed by atoms with E-state index < -0.39 is 0 Å². The zero-order chi connectivity index (χ0) is 9.97. The van der Waals surface area contributed by atoms with Crippen LogP contribution in [0.2, 0.25) is 0 Å². The SMILES string of the molecule is COc1ccc2cc(CCl)ncc2c1. The third-order valence-corrected chi connectivity index (χ3v) is 2.40. The second-order valence-corrected chi connectivity index (χ2v) is 3.29. The first-order valence-electron chi connectivity index (χ1n) is 4.32. The highest BCUT2D eigenvalue weighted by Crippen LogP contribution is 2.20. The van der Waals surface area contributed by atoms with E-state index in [2.05, 4.69) is 4.98 Å². The Balaban J connectivity index is 2.57. The number of pyridine rings is 1. The van der Waals surface area contributed by atoms with E-state index in [1.54, 1.807) is 7.11 Å². The number of rotatable bonds is 2. The molecule has 0 N–H and O–H groups in total. The summed E-state index contributed by atoms with van der Waals surface area (Å²) in [6.45, 7) is 0. The average Bonchev–Trinajstić information content (AvgIpc) is 2.27. The number of nitrogens with zero attached hydrogens (tertiary/aromatic N) is 1. The van der Waals surface area contributed by atoms with Gasteiger partial charge in [-0.2, -0.15) is 0 Å². The van der Waals surface area contributed by atoms with E-state index in [9.17, 15) is 0 Å². The van der Waals surface area contributed by atoms with E-state index in [0.29, 0.717) is 5.88 Å². The van der Waals surface area contributed by atoms with Crippen molar-refractivity contribution in [2.24, 2.45) is 0 Å². The fraction of sp³-hybridized carbons (Fsp3) is 0.182. The van der Waals surface area contributed by atoms with Crippen LogP contribution in [0, 0.1) is 0 Å². The maximum Gasteiger partial charge on any atom is 0.119 e. The predicted octanol–water partition coefficient (Wildman–Crippen LogP) is 2.98. The highest BCUT2D eigenvalue weighted by molar-refractivity contribution is 6.17. The fourth-order valence-electron chi connectivity index (χ4n) is 1.37. The molecule has 0 spiro atoms. The standard InChI is InChI=1S/C11H10ClNO/c1-14-11-3-2-8-4-10(6-12)13-7-9(8)5-11/h2-5,7H,6H2,1H3. The average molecular weight is 208 g/mol. The lowest BCUT2D eigenvalue weighted by molar-refractivity contribution is 0.415. The zero-order valence-corrected chi connectivity index (χ0v) is 8.58. The van der Waals surface area contributed by atoms with Gasteiger partial charge in [0.15, 0.2) is 0 Å². The lowest BCUT2D eigenvalue weighted by atomic mass is 10.1. The van der Waals surface area contributed by atoms with E-state index >= 15 is 0 Å². The van der Waals surface area contributed by atoms with Gasteiger partial charge in [-0.15, -0.1) is 11.6 Å². The van der Waals surface area contributed by atoms with Gasteiger partial charge in [-0.25, -0.2) is 0 Å². The van der Waals surface area contributed by atoms with Gasteiger partial charge in [0, 0.05) is 11.6 Å². The van der Waals surface area contributed by atoms with Crippen molar-refractivity contribution in [3.8, 4) is 5.75 Å². The number of hydrogen-bond acceptors (Lipinski definition) is 2. The Hall–Kier alpha value is -1.28. The third-order valence-electron chi connectivity index (χ3n) is 2.12. The molecule has 2 nitrogen and oxygen atoms in total. The van der Waals surface area contributed by atoms with E-state index in [4.69, 9.17) is 16.3 Å². The molecule has 0 fully saturated rings. The molecule has 0 aliphatic carbocycles. The number of halogens is 1. The quantitative estimate of drug-likeness (QED) is 0.707. The van der Waals surface area contributed by atoms with Gasteiger partial charge in [-0.05, 0) is 23.6 Å². The Bertz CT molecular complexity index is 413. The van der Waals surface area contributed by atoms with Crippen LogP contribution >= 0.6 is 11.6 Å². The van der Waals surface area contributed by atoms with Crippen molar-refractivity contribution in [3.63, 3.8) is 0 Å². The lowest BCUT2D eigenvalue weighted by Gasteiger charge is -2.02. The lowest BCUT2D eigenvalue weighted by Crippen LogP contribution is -1.86. The second-order valence-electron chi connectivity index (χ2n) is 3.02. The second kappa shape index (κ2) is 3.84. The number of aromatic nitrogens is 1. The Labute approximate surface area is 87.5 Å². The molecule has 1 aromatic carbocycles. The first-order valence-corrected chi connectivity index (χ1v) is 4.85. The van der Waals surface area contributed by atoms with Crippen LogP contribution in [0.3, 0.4) is 0 Å². The Morgan fingerprint density at radius 2 is 2.14 bits per heavy atom. The van der Waals surface area contributed by atoms with Gasteiger partial charge in [0.1, 0.15) is 5.75 Å². The maximum absolute atomic E-state index is 5.70. The van der Waals surface area contributed by atoms with Crippen LogP contribution in [0.1, 0.15) is 5.69 Å². The molecule has 0 saturated carbocycles. The molecular weight excluding hydrogens is 198 g/mol. The Morgan fingerprint density at radius 3 is 2.86 bits per heavy atom. The summed E-state index contributed by atoms with van der Waals surface area (Å²) in [5, 5.41) is 2.20. The van der Waals surface area contributed by atoms with Crippen molar-refractivity contribution in [2.45, 2.75) is 5.88 Å². The molecule has 0 aliphatic heterocycles. The van der Waals surface area contributed by atoms with E-state index in [-0.39, 0.29) is 0 Å². The third kappa shape index (κ3) is 1.66. The maximum atomic E-state index is 5.70. The predicted molar refractivity (Wildman–Crippen MR) is 57.9 cm³/mol. The normalized spacial score (nSPS) is 10.4. The van der Waals surface area contributed by atoms with Gasteiger partial charge in [-0.3, -0.25) is 4.98 Å². The molecule has 1 heterocycles. The van der Waals surface area contributed by atoms with Crippen molar-refractivity contribution < 1.29 is 4.74 Å². The summed E-state index contributed by atoms with van der Waals surface area (Å²) < 4.78 is 5.13. The summed E-state index contributed by atoms with van der Waals surface area (Å²) >= 11 is 5.70. The molecule has 0 saturated heterocycles. The number of hydrogen-bond donors (Lipinski definition) is 0. The van der Waals surface area contributed by atoms with Crippen LogP contribution < -0.4 is 4.74 Å². The van der Waals surface area contributed by atoms with Crippen LogP contribution in [0.25, 0.3) is 10.8 Å². The molecule has 72 valence electrons. The van der Waals surface area contributed by atoms with Gasteiger partial charge < -0.3 is 4.74 Å². The Kier molecular flexibility index (Phi) is 2.55. The minimum atomic E-state index is 0.446. The topological polar surface area (TPSA) is 22.1 Å². The molecule has 2 rings (SSSR count). The van der Waals surface area contributed by atoms with Crippen molar-refractivity contribution >= 4 is 22.4 Å². The Morgan fingerprint density at radius 1 is 1.29 bits per heavy atom. The molecule has 0 amide bonds. The van der Waals surface area contributed by atoms with E-state index in [1.807, 2.05) is 30.5 Å². The number of fused-ring (bicyclic) bond motifs is 1. The number of benzene rings is 1. The molecular formula is C11H10ClNO. The van der Waals surface area contributed by atoms with Gasteiger partial charge in [0.25, 0.3) is 0 Å². The number of methoxy groups -OCH3 is 1. The minimum Gasteiger partial charge on any atom is -0.497 e. The van der Waals surface area contributed by atoms with Crippen molar-refractivity contribution in [2.75, 3.05) is 7.11 Å². The summed E-state index contributed by atoms with van der Waals surface area (Å²) in [5.41, 5.74) is 0.893. The van der Waals surface area contributed by atoms with Crippen molar-refractivity contribution in [1.82, 2.24) is 4.98 Å². The van der Waals surface area contributed by atoms with Gasteiger partial charge in [-0.1, -0.05) is 6.07 Å². The van der Waals surface area contributed by atoms with Gasteiger partial charge in [0.05, 0.1) is 18.7 Å². The molecule has 3 heteroatoms. The summed E-state index contributed by atoms with van der Waals surface area (Å²) in [7, 11) is 1.65. The van der Waals surface area contributed by atoms with Crippen LogP contribution in [0.15, 0.2) is 30.5 Å². The number of ether oxygens (including phenoxy) is 1. The molecule has 0 bridgehead atoms. The molecule has 1 aromatic heterocycles. The molecule has 0 radical (unpaired) electrons. The zero-order valence-electron chi connectivity index (χ0n) is 7.83. The first-order chi connectivity index (χ1) is 6.83. The van der Waals surface area contributed by atoms with E-state index in [0.717, 1.165) is 22.2 Å². The first kappa shape index (κ1) is 9.28. The van der Waals surface area contributed by atoms with E-state index in [1.165, 1.54) is 0 Å². The summed E-state index contributed by atoms with van der Waals surface area (Å²) in [4.78, 5) is 4.21. The summed E-state index contributed by atoms with van der Waals surface area (Å²) in [5.74, 6) is 1.29. The van der Waals surface area contributed by atoms with Crippen LogP contribution in [-0.4, -0.2) is 12.1 Å². The van der Waals surface area contributed by atoms with Crippen molar-refractivity contribution in [3.05, 3.63) is 36.2 Å². The summed E-state index contributed by atoms with van der Waals surface area (Å²) in [6.07, 6.45) is 1.82. The molecule has 0 unspecified atom stereocenters. The largest absolute Gasteiger partial charge is 0.497 e. The summed E-state index contributed by atoms with van der Waals surface area (Å²) in [6, 6.07) is 7.88. The van der Waals surface area contributed by atoms with Crippen LogP contribution in [-0.2, 0) is 5.88 Å². The monoisotopic (exact) mass is 207 g/mol.